The van der Waals surface area contributed by atoms with E-state index in [-0.39, 0.29) is 12.0 Å². The summed E-state index contributed by atoms with van der Waals surface area (Å²) in [6, 6.07) is 7.73. The Balaban J connectivity index is 2.04. The van der Waals surface area contributed by atoms with Crippen molar-refractivity contribution in [1.29, 1.82) is 0 Å². The highest BCUT2D eigenvalue weighted by molar-refractivity contribution is 5.83. The summed E-state index contributed by atoms with van der Waals surface area (Å²) in [4.78, 5) is 11.8. The highest BCUT2D eigenvalue weighted by atomic mass is 16.6. The molecule has 0 aliphatic carbocycles. The zero-order valence-electron chi connectivity index (χ0n) is 9.91. The highest BCUT2D eigenvalue weighted by Gasteiger charge is 2.30. The summed E-state index contributed by atoms with van der Waals surface area (Å²) in [7, 11) is 0. The van der Waals surface area contributed by atoms with Crippen LogP contribution >= 0.6 is 0 Å². The minimum absolute atomic E-state index is 0.177. The van der Waals surface area contributed by atoms with Gasteiger partial charge in [-0.2, -0.15) is 0 Å². The molecule has 0 saturated carbocycles. The van der Waals surface area contributed by atoms with Gasteiger partial charge in [0.2, 0.25) is 0 Å². The fourth-order valence-electron chi connectivity index (χ4n) is 1.81. The molecule has 0 spiro atoms. The van der Waals surface area contributed by atoms with E-state index in [1.165, 1.54) is 5.56 Å². The van der Waals surface area contributed by atoms with Crippen LogP contribution in [-0.2, 0) is 16.0 Å². The summed E-state index contributed by atoms with van der Waals surface area (Å²) >= 11 is 0. The number of benzene rings is 1. The SMILES string of the molecule is CC(C)(C)OC(=O)[C@H]1Cc2ccccc2N1. The molecule has 1 N–H and O–H groups in total. The lowest BCUT2D eigenvalue weighted by Gasteiger charge is -2.22. The van der Waals surface area contributed by atoms with E-state index in [0.717, 1.165) is 5.69 Å². The third-order valence-corrected chi connectivity index (χ3v) is 2.46. The Morgan fingerprint density at radius 3 is 2.69 bits per heavy atom. The summed E-state index contributed by atoms with van der Waals surface area (Å²) in [6.07, 6.45) is 0.713. The average molecular weight is 219 g/mol. The molecule has 3 nitrogen and oxygen atoms in total. The number of hydrogen-bond donors (Lipinski definition) is 1. The second-order valence-electron chi connectivity index (χ2n) is 5.09. The molecule has 0 fully saturated rings. The quantitative estimate of drug-likeness (QED) is 0.737. The molecule has 16 heavy (non-hydrogen) atoms. The number of anilines is 1. The minimum Gasteiger partial charge on any atom is -0.458 e. The van der Waals surface area contributed by atoms with E-state index >= 15 is 0 Å². The number of nitrogens with one attached hydrogen (secondary N) is 1. The summed E-state index contributed by atoms with van der Waals surface area (Å²) in [6.45, 7) is 5.65. The predicted octanol–water partition coefficient (Wildman–Crippen LogP) is 2.36. The molecule has 0 unspecified atom stereocenters. The monoisotopic (exact) mass is 219 g/mol. The number of carbonyl (C=O) groups excluding carboxylic acids is 1. The zero-order chi connectivity index (χ0) is 11.8. The first-order valence-corrected chi connectivity index (χ1v) is 5.53. The van der Waals surface area contributed by atoms with E-state index in [9.17, 15) is 4.79 Å². The number of fused-ring (bicyclic) bond motifs is 1. The van der Waals surface area contributed by atoms with E-state index in [2.05, 4.69) is 5.32 Å². The Kier molecular flexibility index (Phi) is 2.62. The van der Waals surface area contributed by atoms with Crippen molar-refractivity contribution in [2.24, 2.45) is 0 Å². The maximum absolute atomic E-state index is 11.8. The molecule has 1 aliphatic heterocycles. The molecular weight excluding hydrogens is 202 g/mol. The van der Waals surface area contributed by atoms with Gasteiger partial charge in [0.15, 0.2) is 0 Å². The number of ether oxygens (including phenoxy) is 1. The van der Waals surface area contributed by atoms with Gasteiger partial charge in [0.05, 0.1) is 0 Å². The second-order valence-corrected chi connectivity index (χ2v) is 5.09. The normalized spacial score (nSPS) is 18.8. The Morgan fingerprint density at radius 1 is 1.38 bits per heavy atom. The van der Waals surface area contributed by atoms with Crippen molar-refractivity contribution in [1.82, 2.24) is 0 Å². The zero-order valence-corrected chi connectivity index (χ0v) is 9.91. The standard InChI is InChI=1S/C13H17NO2/c1-13(2,3)16-12(15)11-8-9-6-4-5-7-10(9)14-11/h4-7,11,14H,8H2,1-3H3/t11-/m1/s1. The van der Waals surface area contributed by atoms with Gasteiger partial charge in [0.1, 0.15) is 11.6 Å². The molecule has 86 valence electrons. The van der Waals surface area contributed by atoms with Crippen molar-refractivity contribution in [3.8, 4) is 0 Å². The summed E-state index contributed by atoms with van der Waals surface area (Å²) in [5.41, 5.74) is 1.80. The Bertz CT molecular complexity index is 382. The first-order chi connectivity index (χ1) is 7.46. The van der Waals surface area contributed by atoms with Crippen LogP contribution in [0.1, 0.15) is 26.3 Å². The van der Waals surface area contributed by atoms with Crippen LogP contribution in [0.4, 0.5) is 5.69 Å². The van der Waals surface area contributed by atoms with E-state index in [1.54, 1.807) is 0 Å². The van der Waals surface area contributed by atoms with Crippen LogP contribution in [0.25, 0.3) is 0 Å². The van der Waals surface area contributed by atoms with E-state index in [1.807, 2.05) is 45.0 Å². The van der Waals surface area contributed by atoms with Crippen molar-refractivity contribution >= 4 is 11.7 Å². The summed E-state index contributed by atoms with van der Waals surface area (Å²) < 4.78 is 5.35. The number of para-hydroxylation sites is 1. The van der Waals surface area contributed by atoms with E-state index in [0.29, 0.717) is 6.42 Å². The maximum atomic E-state index is 11.8. The molecule has 1 aromatic carbocycles. The van der Waals surface area contributed by atoms with Crippen molar-refractivity contribution in [2.45, 2.75) is 38.8 Å². The topological polar surface area (TPSA) is 38.3 Å². The van der Waals surface area contributed by atoms with Crippen molar-refractivity contribution in [3.05, 3.63) is 29.8 Å². The number of rotatable bonds is 1. The smallest absolute Gasteiger partial charge is 0.329 e. The fraction of sp³-hybridized carbons (Fsp3) is 0.462. The van der Waals surface area contributed by atoms with Crippen LogP contribution < -0.4 is 5.32 Å². The van der Waals surface area contributed by atoms with E-state index in [4.69, 9.17) is 4.74 Å². The molecule has 3 heteroatoms. The van der Waals surface area contributed by atoms with Gasteiger partial charge in [0, 0.05) is 12.1 Å². The second kappa shape index (κ2) is 3.81. The maximum Gasteiger partial charge on any atom is 0.329 e. The summed E-state index contributed by atoms with van der Waals surface area (Å²) in [5, 5.41) is 3.18. The highest BCUT2D eigenvalue weighted by Crippen LogP contribution is 2.26. The van der Waals surface area contributed by atoms with Crippen molar-refractivity contribution < 1.29 is 9.53 Å². The first kappa shape index (κ1) is 11.0. The van der Waals surface area contributed by atoms with Gasteiger partial charge in [-0.1, -0.05) is 18.2 Å². The van der Waals surface area contributed by atoms with Crippen LogP contribution in [0.15, 0.2) is 24.3 Å². The molecular formula is C13H17NO2. The molecule has 1 aliphatic rings. The molecule has 0 bridgehead atoms. The molecule has 1 aromatic rings. The van der Waals surface area contributed by atoms with Gasteiger partial charge in [0.25, 0.3) is 0 Å². The van der Waals surface area contributed by atoms with Crippen LogP contribution in [-0.4, -0.2) is 17.6 Å². The molecule has 1 heterocycles. The van der Waals surface area contributed by atoms with Gasteiger partial charge >= 0.3 is 5.97 Å². The predicted molar refractivity (Wildman–Crippen MR) is 63.4 cm³/mol. The van der Waals surface area contributed by atoms with Gasteiger partial charge < -0.3 is 10.1 Å². The molecule has 0 saturated heterocycles. The summed E-state index contributed by atoms with van der Waals surface area (Å²) in [5.74, 6) is -0.177. The van der Waals surface area contributed by atoms with Gasteiger partial charge in [-0.25, -0.2) is 4.79 Å². The minimum atomic E-state index is -0.423. The molecule has 0 radical (unpaired) electrons. The van der Waals surface area contributed by atoms with Crippen molar-refractivity contribution in [3.63, 3.8) is 0 Å². The Hall–Kier alpha value is -1.51. The molecule has 0 amide bonds. The lowest BCUT2D eigenvalue weighted by molar-refractivity contribution is -0.155. The van der Waals surface area contributed by atoms with Crippen LogP contribution in [0.3, 0.4) is 0 Å². The largest absolute Gasteiger partial charge is 0.458 e. The Labute approximate surface area is 95.8 Å². The van der Waals surface area contributed by atoms with Crippen molar-refractivity contribution in [2.75, 3.05) is 5.32 Å². The number of hydrogen-bond acceptors (Lipinski definition) is 3. The van der Waals surface area contributed by atoms with Gasteiger partial charge in [-0.05, 0) is 32.4 Å². The number of esters is 1. The number of carbonyl (C=O) groups is 1. The van der Waals surface area contributed by atoms with Crippen LogP contribution in [0.5, 0.6) is 0 Å². The molecule has 0 aromatic heterocycles. The molecule has 2 rings (SSSR count). The third-order valence-electron chi connectivity index (χ3n) is 2.46. The van der Waals surface area contributed by atoms with Gasteiger partial charge in [-0.3, -0.25) is 0 Å². The third kappa shape index (κ3) is 2.35. The van der Waals surface area contributed by atoms with Crippen LogP contribution in [0.2, 0.25) is 0 Å². The molecule has 1 atom stereocenters. The lowest BCUT2D eigenvalue weighted by atomic mass is 10.1. The fourth-order valence-corrected chi connectivity index (χ4v) is 1.81. The Morgan fingerprint density at radius 2 is 2.06 bits per heavy atom. The van der Waals surface area contributed by atoms with Crippen LogP contribution in [0, 0.1) is 0 Å². The lowest BCUT2D eigenvalue weighted by Crippen LogP contribution is -2.35. The van der Waals surface area contributed by atoms with Gasteiger partial charge in [-0.15, -0.1) is 0 Å². The first-order valence-electron chi connectivity index (χ1n) is 5.53. The average Bonchev–Trinajstić information content (AvgIpc) is 2.58. The van der Waals surface area contributed by atoms with E-state index < -0.39 is 5.60 Å².